The number of hydrogen-bond acceptors (Lipinski definition) is 5. The number of benzene rings is 1. The molecule has 0 amide bonds. The van der Waals surface area contributed by atoms with Crippen LogP contribution in [0, 0.1) is 0 Å². The Morgan fingerprint density at radius 2 is 1.94 bits per heavy atom. The predicted octanol–water partition coefficient (Wildman–Crippen LogP) is 1.11. The lowest BCUT2D eigenvalue weighted by atomic mass is 10.2. The summed E-state index contributed by atoms with van der Waals surface area (Å²) in [5, 5.41) is 0. The molecule has 1 aromatic carbocycles. The monoisotopic (exact) mass is 251 g/mol. The molecule has 0 saturated carbocycles. The lowest BCUT2D eigenvalue weighted by Crippen LogP contribution is -2.38. The van der Waals surface area contributed by atoms with Gasteiger partial charge in [0, 0.05) is 19.6 Å². The molecule has 0 aliphatic carbocycles. The molecule has 0 radical (unpaired) electrons. The van der Waals surface area contributed by atoms with Crippen LogP contribution in [-0.4, -0.2) is 50.3 Å². The zero-order valence-corrected chi connectivity index (χ0v) is 10.2. The van der Waals surface area contributed by atoms with Crippen molar-refractivity contribution in [2.45, 2.75) is 0 Å². The molecule has 0 aromatic heterocycles. The second kappa shape index (κ2) is 7.10. The van der Waals surface area contributed by atoms with E-state index in [2.05, 4.69) is 4.90 Å². The Hall–Kier alpha value is -1.43. The van der Waals surface area contributed by atoms with Gasteiger partial charge in [-0.1, -0.05) is 18.2 Å². The fourth-order valence-electron chi connectivity index (χ4n) is 1.71. The van der Waals surface area contributed by atoms with Gasteiger partial charge in [0.15, 0.2) is 0 Å². The number of carbonyl (C=O) groups is 1. The molecule has 1 saturated heterocycles. The molecule has 5 nitrogen and oxygen atoms in total. The van der Waals surface area contributed by atoms with Crippen molar-refractivity contribution in [1.82, 2.24) is 4.90 Å². The van der Waals surface area contributed by atoms with Crippen LogP contribution < -0.4 is 0 Å². The zero-order chi connectivity index (χ0) is 12.6. The van der Waals surface area contributed by atoms with Crippen molar-refractivity contribution < 1.29 is 19.3 Å². The van der Waals surface area contributed by atoms with E-state index in [9.17, 15) is 4.79 Å². The quantitative estimate of drug-likeness (QED) is 0.445. The van der Waals surface area contributed by atoms with Gasteiger partial charge >= 0.3 is 5.97 Å². The first-order valence-corrected chi connectivity index (χ1v) is 6.05. The highest BCUT2D eigenvalue weighted by molar-refractivity contribution is 5.88. The van der Waals surface area contributed by atoms with Gasteiger partial charge in [0.25, 0.3) is 0 Å². The van der Waals surface area contributed by atoms with Crippen LogP contribution in [0.5, 0.6) is 0 Å². The number of morpholine rings is 1. The Kier molecular flexibility index (Phi) is 5.14. The topological polar surface area (TPSA) is 48.0 Å². The van der Waals surface area contributed by atoms with Gasteiger partial charge in [-0.05, 0) is 12.1 Å². The van der Waals surface area contributed by atoms with Crippen LogP contribution in [-0.2, 0) is 14.5 Å². The van der Waals surface area contributed by atoms with Crippen molar-refractivity contribution in [3.05, 3.63) is 35.9 Å². The number of ether oxygens (including phenoxy) is 1. The van der Waals surface area contributed by atoms with Gasteiger partial charge in [-0.25, -0.2) is 4.79 Å². The van der Waals surface area contributed by atoms with Crippen LogP contribution in [0.2, 0.25) is 0 Å². The summed E-state index contributed by atoms with van der Waals surface area (Å²) in [6.07, 6.45) is 0. The van der Waals surface area contributed by atoms with Crippen LogP contribution in [0.25, 0.3) is 0 Å². The lowest BCUT2D eigenvalue weighted by molar-refractivity contribution is -0.243. The molecule has 1 aliphatic rings. The Labute approximate surface area is 106 Å². The molecule has 0 unspecified atom stereocenters. The lowest BCUT2D eigenvalue weighted by Gasteiger charge is -2.25. The maximum atomic E-state index is 11.5. The van der Waals surface area contributed by atoms with Gasteiger partial charge in [0.05, 0.1) is 18.8 Å². The van der Waals surface area contributed by atoms with Crippen molar-refractivity contribution in [1.29, 1.82) is 0 Å². The molecule has 1 aromatic rings. The molecular formula is C13H17NO4. The molecule has 5 heteroatoms. The smallest absolute Gasteiger partial charge is 0.373 e. The fraction of sp³-hybridized carbons (Fsp3) is 0.462. The molecule has 1 aliphatic heterocycles. The Morgan fingerprint density at radius 3 is 2.67 bits per heavy atom. The highest BCUT2D eigenvalue weighted by Gasteiger charge is 2.11. The molecule has 98 valence electrons. The third-order valence-corrected chi connectivity index (χ3v) is 2.74. The summed E-state index contributed by atoms with van der Waals surface area (Å²) in [5.74, 6) is -0.461. The molecule has 0 N–H and O–H groups in total. The normalized spacial score (nSPS) is 16.4. The number of nitrogens with zero attached hydrogens (tertiary/aromatic N) is 1. The first kappa shape index (κ1) is 13.0. The minimum Gasteiger partial charge on any atom is -0.379 e. The second-order valence-corrected chi connectivity index (χ2v) is 4.01. The van der Waals surface area contributed by atoms with E-state index in [4.69, 9.17) is 14.5 Å². The molecule has 0 spiro atoms. The standard InChI is InChI=1S/C13H17NO4/c15-13(12-4-2-1-3-5-12)18-17-11-8-14-6-9-16-10-7-14/h1-5H,6-11H2. The van der Waals surface area contributed by atoms with Gasteiger partial charge in [0.1, 0.15) is 6.61 Å². The third-order valence-electron chi connectivity index (χ3n) is 2.74. The molecule has 0 bridgehead atoms. The summed E-state index contributed by atoms with van der Waals surface area (Å²) in [5.41, 5.74) is 0.490. The van der Waals surface area contributed by atoms with E-state index >= 15 is 0 Å². The Bertz CT molecular complexity index is 363. The van der Waals surface area contributed by atoms with Crippen LogP contribution in [0.3, 0.4) is 0 Å². The molecule has 0 atom stereocenters. The number of carbonyl (C=O) groups excluding carboxylic acids is 1. The SMILES string of the molecule is O=C(OOCCN1CCOCC1)c1ccccc1. The highest BCUT2D eigenvalue weighted by Crippen LogP contribution is 2.02. The fourth-order valence-corrected chi connectivity index (χ4v) is 1.71. The second-order valence-electron chi connectivity index (χ2n) is 4.01. The summed E-state index contributed by atoms with van der Waals surface area (Å²) in [7, 11) is 0. The average molecular weight is 251 g/mol. The predicted molar refractivity (Wildman–Crippen MR) is 65.1 cm³/mol. The maximum absolute atomic E-state index is 11.5. The molecule has 1 heterocycles. The first-order valence-electron chi connectivity index (χ1n) is 6.05. The van der Waals surface area contributed by atoms with E-state index in [0.717, 1.165) is 32.8 Å². The highest BCUT2D eigenvalue weighted by atomic mass is 17.2. The van der Waals surface area contributed by atoms with Crippen molar-refractivity contribution in [2.75, 3.05) is 39.5 Å². The van der Waals surface area contributed by atoms with Gasteiger partial charge in [0.2, 0.25) is 0 Å². The molecule has 2 rings (SSSR count). The summed E-state index contributed by atoms with van der Waals surface area (Å²) in [6.45, 7) is 4.42. The van der Waals surface area contributed by atoms with E-state index in [1.54, 1.807) is 24.3 Å². The average Bonchev–Trinajstić information content (AvgIpc) is 2.45. The summed E-state index contributed by atoms with van der Waals surface area (Å²) in [6, 6.07) is 8.78. The maximum Gasteiger partial charge on any atom is 0.373 e. The van der Waals surface area contributed by atoms with Gasteiger partial charge in [-0.2, -0.15) is 4.89 Å². The van der Waals surface area contributed by atoms with Crippen LogP contribution in [0.15, 0.2) is 30.3 Å². The Morgan fingerprint density at radius 1 is 1.22 bits per heavy atom. The van der Waals surface area contributed by atoms with Crippen LogP contribution in [0.1, 0.15) is 10.4 Å². The van der Waals surface area contributed by atoms with Gasteiger partial charge in [-0.3, -0.25) is 9.79 Å². The van der Waals surface area contributed by atoms with E-state index in [1.165, 1.54) is 0 Å². The largest absolute Gasteiger partial charge is 0.379 e. The van der Waals surface area contributed by atoms with Crippen molar-refractivity contribution in [2.24, 2.45) is 0 Å². The third kappa shape index (κ3) is 4.10. The van der Waals surface area contributed by atoms with E-state index in [-0.39, 0.29) is 0 Å². The molecule has 18 heavy (non-hydrogen) atoms. The van der Waals surface area contributed by atoms with Crippen LogP contribution in [0.4, 0.5) is 0 Å². The number of rotatable bonds is 5. The first-order chi connectivity index (χ1) is 8.86. The van der Waals surface area contributed by atoms with Crippen molar-refractivity contribution in [3.63, 3.8) is 0 Å². The Balaban J connectivity index is 1.62. The minimum atomic E-state index is -0.461. The minimum absolute atomic E-state index is 0.374. The summed E-state index contributed by atoms with van der Waals surface area (Å²) >= 11 is 0. The summed E-state index contributed by atoms with van der Waals surface area (Å²) in [4.78, 5) is 23.4. The number of hydrogen-bond donors (Lipinski definition) is 0. The van der Waals surface area contributed by atoms with Crippen LogP contribution >= 0.6 is 0 Å². The van der Waals surface area contributed by atoms with E-state index in [1.807, 2.05) is 6.07 Å². The van der Waals surface area contributed by atoms with Gasteiger partial charge in [-0.15, -0.1) is 0 Å². The van der Waals surface area contributed by atoms with Gasteiger partial charge < -0.3 is 4.74 Å². The van der Waals surface area contributed by atoms with Crippen molar-refractivity contribution in [3.8, 4) is 0 Å². The molecule has 1 fully saturated rings. The van der Waals surface area contributed by atoms with E-state index in [0.29, 0.717) is 12.2 Å². The summed E-state index contributed by atoms with van der Waals surface area (Å²) < 4.78 is 5.23. The van der Waals surface area contributed by atoms with E-state index < -0.39 is 5.97 Å². The molecular weight excluding hydrogens is 234 g/mol. The van der Waals surface area contributed by atoms with Crippen molar-refractivity contribution >= 4 is 5.97 Å². The zero-order valence-electron chi connectivity index (χ0n) is 10.2.